The molecule has 1 fully saturated rings. The Labute approximate surface area is 197 Å². The molecular weight excluding hydrogens is 475 g/mol. The third-order valence-corrected chi connectivity index (χ3v) is 5.50. The highest BCUT2D eigenvalue weighted by molar-refractivity contribution is 5.79. The van der Waals surface area contributed by atoms with Crippen molar-refractivity contribution in [2.75, 3.05) is 26.2 Å². The van der Waals surface area contributed by atoms with E-state index in [4.69, 9.17) is 4.52 Å². The summed E-state index contributed by atoms with van der Waals surface area (Å²) in [7, 11) is 0. The van der Waals surface area contributed by atoms with Crippen LogP contribution < -0.4 is 4.74 Å². The fraction of sp³-hybridized carbons (Fsp3) is 0.348. The third-order valence-electron chi connectivity index (χ3n) is 5.50. The van der Waals surface area contributed by atoms with Crippen LogP contribution in [0.25, 0.3) is 11.4 Å². The average molecular weight is 496 g/mol. The summed E-state index contributed by atoms with van der Waals surface area (Å²) in [6, 6.07) is 10.6. The van der Waals surface area contributed by atoms with Crippen molar-refractivity contribution in [3.05, 3.63) is 65.5 Å². The van der Waals surface area contributed by atoms with E-state index < -0.39 is 18.4 Å². The van der Waals surface area contributed by atoms with Crippen molar-refractivity contribution in [3.8, 4) is 17.1 Å². The number of alkyl halides is 5. The number of amides is 1. The SMILES string of the molecule is O=C(Cc1ccc(OC(F)F)cc1)N1CCN(Cc2nc(-c3cccc(C(F)(F)F)c3)no2)CC1. The van der Waals surface area contributed by atoms with E-state index in [1.54, 1.807) is 17.0 Å². The number of hydrogen-bond acceptors (Lipinski definition) is 6. The fourth-order valence-electron chi connectivity index (χ4n) is 3.69. The summed E-state index contributed by atoms with van der Waals surface area (Å²) in [5.41, 5.74) is 0.102. The van der Waals surface area contributed by atoms with Gasteiger partial charge < -0.3 is 14.2 Å². The Morgan fingerprint density at radius 3 is 2.43 bits per heavy atom. The maximum atomic E-state index is 12.9. The molecule has 3 aromatic rings. The molecule has 35 heavy (non-hydrogen) atoms. The molecule has 4 rings (SSSR count). The minimum Gasteiger partial charge on any atom is -0.435 e. The molecule has 1 amide bonds. The highest BCUT2D eigenvalue weighted by Gasteiger charge is 2.31. The number of benzene rings is 2. The number of ether oxygens (including phenoxy) is 1. The highest BCUT2D eigenvalue weighted by Crippen LogP contribution is 2.31. The summed E-state index contributed by atoms with van der Waals surface area (Å²) in [4.78, 5) is 20.5. The average Bonchev–Trinajstić information content (AvgIpc) is 3.28. The zero-order chi connectivity index (χ0) is 25.0. The summed E-state index contributed by atoms with van der Waals surface area (Å²) >= 11 is 0. The molecule has 1 saturated heterocycles. The molecule has 7 nitrogen and oxygen atoms in total. The van der Waals surface area contributed by atoms with Crippen LogP contribution in [0, 0.1) is 0 Å². The Morgan fingerprint density at radius 1 is 1.06 bits per heavy atom. The van der Waals surface area contributed by atoms with Gasteiger partial charge in [0.05, 0.1) is 18.5 Å². The second kappa shape index (κ2) is 10.4. The Morgan fingerprint density at radius 2 is 1.77 bits per heavy atom. The van der Waals surface area contributed by atoms with Gasteiger partial charge in [-0.2, -0.15) is 26.9 Å². The van der Waals surface area contributed by atoms with Gasteiger partial charge >= 0.3 is 12.8 Å². The lowest BCUT2D eigenvalue weighted by Crippen LogP contribution is -2.48. The van der Waals surface area contributed by atoms with E-state index >= 15 is 0 Å². The fourth-order valence-corrected chi connectivity index (χ4v) is 3.69. The van der Waals surface area contributed by atoms with Gasteiger partial charge in [-0.25, -0.2) is 0 Å². The first kappa shape index (κ1) is 24.6. The lowest BCUT2D eigenvalue weighted by Gasteiger charge is -2.34. The first-order chi connectivity index (χ1) is 16.7. The number of carbonyl (C=O) groups is 1. The summed E-state index contributed by atoms with van der Waals surface area (Å²) in [6.07, 6.45) is -4.33. The second-order valence-electron chi connectivity index (χ2n) is 7.95. The van der Waals surface area contributed by atoms with Gasteiger partial charge in [0.15, 0.2) is 0 Å². The minimum atomic E-state index is -4.47. The maximum Gasteiger partial charge on any atom is 0.416 e. The van der Waals surface area contributed by atoms with Crippen molar-refractivity contribution in [2.24, 2.45) is 0 Å². The van der Waals surface area contributed by atoms with Crippen LogP contribution in [0.15, 0.2) is 53.1 Å². The minimum absolute atomic E-state index is 0.0297. The van der Waals surface area contributed by atoms with E-state index in [1.807, 2.05) is 4.90 Å². The molecule has 2 heterocycles. The van der Waals surface area contributed by atoms with Gasteiger partial charge in [0.2, 0.25) is 17.6 Å². The number of carbonyl (C=O) groups excluding carboxylic acids is 1. The Kier molecular flexibility index (Phi) is 7.29. The molecule has 1 aliphatic rings. The van der Waals surface area contributed by atoms with Crippen LogP contribution in [0.5, 0.6) is 5.75 Å². The highest BCUT2D eigenvalue weighted by atomic mass is 19.4. The van der Waals surface area contributed by atoms with Crippen molar-refractivity contribution >= 4 is 5.91 Å². The van der Waals surface area contributed by atoms with Gasteiger partial charge in [-0.15, -0.1) is 0 Å². The van der Waals surface area contributed by atoms with Gasteiger partial charge in [-0.05, 0) is 29.8 Å². The first-order valence-corrected chi connectivity index (χ1v) is 10.7. The van der Waals surface area contributed by atoms with Crippen LogP contribution in [-0.4, -0.2) is 58.6 Å². The van der Waals surface area contributed by atoms with Crippen LogP contribution in [-0.2, 0) is 23.9 Å². The number of nitrogens with zero attached hydrogens (tertiary/aromatic N) is 4. The molecule has 186 valence electrons. The van der Waals surface area contributed by atoms with Crippen LogP contribution in [0.3, 0.4) is 0 Å². The van der Waals surface area contributed by atoms with E-state index in [0.717, 1.165) is 12.1 Å². The number of hydrogen-bond donors (Lipinski definition) is 0. The summed E-state index contributed by atoms with van der Waals surface area (Å²) < 4.78 is 72.8. The zero-order valence-corrected chi connectivity index (χ0v) is 18.3. The van der Waals surface area contributed by atoms with E-state index in [9.17, 15) is 26.7 Å². The monoisotopic (exact) mass is 496 g/mol. The van der Waals surface area contributed by atoms with Gasteiger partial charge in [0.25, 0.3) is 0 Å². The van der Waals surface area contributed by atoms with Gasteiger partial charge in [0.1, 0.15) is 5.75 Å². The predicted octanol–water partition coefficient (Wildman–Crippen LogP) is 4.24. The van der Waals surface area contributed by atoms with Crippen LogP contribution >= 0.6 is 0 Å². The molecule has 2 aromatic carbocycles. The molecule has 0 spiro atoms. The lowest BCUT2D eigenvalue weighted by atomic mass is 10.1. The molecule has 0 N–H and O–H groups in total. The lowest BCUT2D eigenvalue weighted by molar-refractivity contribution is -0.137. The van der Waals surface area contributed by atoms with E-state index in [2.05, 4.69) is 14.9 Å². The molecule has 12 heteroatoms. The van der Waals surface area contributed by atoms with Crippen molar-refractivity contribution in [2.45, 2.75) is 25.8 Å². The largest absolute Gasteiger partial charge is 0.435 e. The van der Waals surface area contributed by atoms with Crippen LogP contribution in [0.2, 0.25) is 0 Å². The van der Waals surface area contributed by atoms with E-state index in [0.29, 0.717) is 38.3 Å². The molecule has 1 aliphatic heterocycles. The normalized spacial score (nSPS) is 15.0. The van der Waals surface area contributed by atoms with Gasteiger partial charge in [-0.1, -0.05) is 29.4 Å². The number of piperazine rings is 1. The molecular formula is C23H21F5N4O3. The predicted molar refractivity (Wildman–Crippen MR) is 113 cm³/mol. The third kappa shape index (κ3) is 6.53. The van der Waals surface area contributed by atoms with E-state index in [-0.39, 0.29) is 35.4 Å². The van der Waals surface area contributed by atoms with Gasteiger partial charge in [-0.3, -0.25) is 9.69 Å². The molecule has 0 bridgehead atoms. The Hall–Kier alpha value is -3.54. The number of halogens is 5. The molecule has 1 aromatic heterocycles. The van der Waals surface area contributed by atoms with Crippen LogP contribution in [0.1, 0.15) is 17.0 Å². The number of rotatable bonds is 7. The molecule has 0 saturated carbocycles. The van der Waals surface area contributed by atoms with Crippen molar-refractivity contribution in [1.82, 2.24) is 19.9 Å². The zero-order valence-electron chi connectivity index (χ0n) is 18.3. The van der Waals surface area contributed by atoms with Crippen molar-refractivity contribution < 1.29 is 36.0 Å². The molecule has 0 aliphatic carbocycles. The Bertz CT molecular complexity index is 1140. The summed E-state index contributed by atoms with van der Waals surface area (Å²) in [5, 5.41) is 3.79. The first-order valence-electron chi connectivity index (χ1n) is 10.7. The summed E-state index contributed by atoms with van der Waals surface area (Å²) in [5.74, 6) is 0.284. The Balaban J connectivity index is 1.27. The standard InChI is InChI=1S/C23H21F5N4O3/c24-22(25)34-18-6-4-15(5-7-18)12-20(33)32-10-8-31(9-11-32)14-19-29-21(30-35-19)16-2-1-3-17(13-16)23(26,27)28/h1-7,13,22H,8-12,14H2. The molecule has 0 unspecified atom stereocenters. The van der Waals surface area contributed by atoms with Crippen molar-refractivity contribution in [1.29, 1.82) is 0 Å². The quantitative estimate of drug-likeness (QED) is 0.456. The van der Waals surface area contributed by atoms with Gasteiger partial charge in [0, 0.05) is 31.7 Å². The maximum absolute atomic E-state index is 12.9. The summed E-state index contributed by atoms with van der Waals surface area (Å²) in [6.45, 7) is -0.555. The second-order valence-corrected chi connectivity index (χ2v) is 7.95. The smallest absolute Gasteiger partial charge is 0.416 e. The topological polar surface area (TPSA) is 71.7 Å². The molecule has 0 radical (unpaired) electrons. The van der Waals surface area contributed by atoms with E-state index in [1.165, 1.54) is 24.3 Å². The molecule has 0 atom stereocenters. The number of aromatic nitrogens is 2. The van der Waals surface area contributed by atoms with Crippen molar-refractivity contribution in [3.63, 3.8) is 0 Å². The van der Waals surface area contributed by atoms with Crippen LogP contribution in [0.4, 0.5) is 22.0 Å².